The molecule has 2 unspecified atom stereocenters. The molecular weight excluding hydrogens is 1010 g/mol. The molecule has 2 aromatic carbocycles. The molecule has 6 aromatic rings. The molecular formula is C44H39ClF10N6O7S2. The highest BCUT2D eigenvalue weighted by atomic mass is 35.5. The van der Waals surface area contributed by atoms with Gasteiger partial charge in [0, 0.05) is 52.9 Å². The molecule has 26 heteroatoms. The van der Waals surface area contributed by atoms with Crippen molar-refractivity contribution in [1.29, 1.82) is 0 Å². The Morgan fingerprint density at radius 3 is 1.43 bits per heavy atom. The maximum absolute atomic E-state index is 13.8. The first-order chi connectivity index (χ1) is 32.5. The van der Waals surface area contributed by atoms with Gasteiger partial charge in [0.2, 0.25) is 11.8 Å². The Balaban J connectivity index is 0.000000249. The highest BCUT2D eigenvalue weighted by Crippen LogP contribution is 2.40. The molecule has 70 heavy (non-hydrogen) atoms. The summed E-state index contributed by atoms with van der Waals surface area (Å²) in [5.74, 6) is -0.808. The van der Waals surface area contributed by atoms with Crippen LogP contribution in [0.3, 0.4) is 0 Å². The number of carbonyl (C=O) groups excluding carboxylic acids is 3. The van der Waals surface area contributed by atoms with Gasteiger partial charge >= 0.3 is 12.4 Å². The van der Waals surface area contributed by atoms with E-state index in [9.17, 15) is 73.1 Å². The van der Waals surface area contributed by atoms with Gasteiger partial charge in [-0.2, -0.15) is 26.3 Å². The molecule has 2 aliphatic heterocycles. The Morgan fingerprint density at radius 2 is 1.09 bits per heavy atom. The van der Waals surface area contributed by atoms with Gasteiger partial charge in [-0.25, -0.2) is 23.5 Å². The zero-order valence-electron chi connectivity index (χ0n) is 36.3. The van der Waals surface area contributed by atoms with Crippen LogP contribution in [0.15, 0.2) is 74.3 Å². The van der Waals surface area contributed by atoms with Crippen LogP contribution in [0.4, 0.5) is 43.9 Å². The lowest BCUT2D eigenvalue weighted by atomic mass is 10.0. The second kappa shape index (κ2) is 21.9. The van der Waals surface area contributed by atoms with Crippen LogP contribution < -0.4 is 17.0 Å². The van der Waals surface area contributed by atoms with Gasteiger partial charge in [-0.05, 0) is 62.1 Å². The van der Waals surface area contributed by atoms with Crippen molar-refractivity contribution in [1.82, 2.24) is 18.9 Å². The summed E-state index contributed by atoms with van der Waals surface area (Å²) in [6, 6.07) is 4.82. The van der Waals surface area contributed by atoms with E-state index in [1.54, 1.807) is 0 Å². The van der Waals surface area contributed by atoms with Crippen LogP contribution in [0.5, 0.6) is 0 Å². The lowest BCUT2D eigenvalue weighted by Crippen LogP contribution is -2.35. The van der Waals surface area contributed by atoms with Gasteiger partial charge < -0.3 is 29.3 Å². The van der Waals surface area contributed by atoms with Crippen molar-refractivity contribution in [3.63, 3.8) is 0 Å². The van der Waals surface area contributed by atoms with E-state index in [4.69, 9.17) is 5.21 Å². The Kier molecular flexibility index (Phi) is 17.1. The number of pyridine rings is 2. The van der Waals surface area contributed by atoms with E-state index in [1.165, 1.54) is 46.8 Å². The molecule has 4 aromatic heterocycles. The number of benzene rings is 2. The van der Waals surface area contributed by atoms with E-state index in [0.717, 1.165) is 43.9 Å². The second-order valence-electron chi connectivity index (χ2n) is 15.7. The molecule has 2 amide bonds. The summed E-state index contributed by atoms with van der Waals surface area (Å²) in [4.78, 5) is 66.6. The standard InChI is InChI=1S/C22H18F5N3O3S.C22H17F5N2O3S.ClH.H3NO/c1-11(28-33)14-8-30(9-18(31)29-5-4-13(23)7-29)21(32)19-15(10-34-20(14)19)12-2-3-17(24)16(6-12)22(25,26)27;1-11(30)14-8-29(9-18(31)28-5-4-13(23)7-28)21(32)19-15(10-33-20(14)19)12-2-3-17(24)16(6-12)22(25,26)27;;1-2/h2-3,6,8,10,13,33H,4-5,7,9H2,1H3;2-3,6,8,10,13H,4-5,7,9H2,1H3;1H;2H,1H2/b28-11-;;;. The molecule has 0 spiro atoms. The largest absolute Gasteiger partial charge is 0.419 e. The normalized spacial score (nSPS) is 16.2. The average molecular weight is 1050 g/mol. The number of halogens is 11. The van der Waals surface area contributed by atoms with Gasteiger partial charge in [0.25, 0.3) is 11.1 Å². The van der Waals surface area contributed by atoms with Crippen LogP contribution in [-0.2, 0) is 35.0 Å². The number of Topliss-reactive ketones (excluding diaryl/α,β-unsaturated/α-hetero) is 1. The van der Waals surface area contributed by atoms with Crippen LogP contribution >= 0.6 is 35.1 Å². The molecule has 4 N–H and O–H groups in total. The maximum Gasteiger partial charge on any atom is 0.419 e. The maximum atomic E-state index is 13.8. The van der Waals surface area contributed by atoms with E-state index in [0.29, 0.717) is 34.5 Å². The van der Waals surface area contributed by atoms with Gasteiger partial charge in [0.1, 0.15) is 37.1 Å². The molecule has 0 bridgehead atoms. The quantitative estimate of drug-likeness (QED) is 0.0444. The summed E-state index contributed by atoms with van der Waals surface area (Å²) in [5.41, 5.74) is -3.65. The van der Waals surface area contributed by atoms with Crippen LogP contribution in [0.2, 0.25) is 0 Å². The van der Waals surface area contributed by atoms with Crippen molar-refractivity contribution in [2.45, 2.75) is 64.5 Å². The van der Waals surface area contributed by atoms with E-state index < -0.39 is 89.3 Å². The highest BCUT2D eigenvalue weighted by molar-refractivity contribution is 7.18. The lowest BCUT2D eigenvalue weighted by molar-refractivity contribution is -0.140. The molecule has 2 atom stereocenters. The molecule has 2 aliphatic rings. The molecule has 8 rings (SSSR count). The fraction of sp³-hybridized carbons (Fsp3) is 0.318. The van der Waals surface area contributed by atoms with Crippen LogP contribution in [0.25, 0.3) is 42.4 Å². The number of aromatic nitrogens is 2. The molecule has 2 fully saturated rings. The zero-order valence-corrected chi connectivity index (χ0v) is 38.8. The molecule has 13 nitrogen and oxygen atoms in total. The van der Waals surface area contributed by atoms with Gasteiger partial charge in [-0.15, -0.1) is 35.1 Å². The number of thiophene rings is 2. The fourth-order valence-electron chi connectivity index (χ4n) is 7.79. The third-order valence-electron chi connectivity index (χ3n) is 11.3. The van der Waals surface area contributed by atoms with E-state index >= 15 is 0 Å². The van der Waals surface area contributed by atoms with Crippen LogP contribution in [0, 0.1) is 11.6 Å². The van der Waals surface area contributed by atoms with Crippen molar-refractivity contribution in [3.05, 3.63) is 114 Å². The fourth-order valence-corrected chi connectivity index (χ4v) is 10.1. The minimum absolute atomic E-state index is 0. The van der Waals surface area contributed by atoms with E-state index in [2.05, 4.69) is 11.1 Å². The van der Waals surface area contributed by atoms with Crippen molar-refractivity contribution >= 4 is 78.6 Å². The first-order valence-corrected chi connectivity index (χ1v) is 22.1. The molecule has 0 radical (unpaired) electrons. The number of carbonyl (C=O) groups is 3. The third-order valence-corrected chi connectivity index (χ3v) is 13.3. The van der Waals surface area contributed by atoms with E-state index in [-0.39, 0.29) is 100 Å². The number of amides is 2. The monoisotopic (exact) mass is 1050 g/mol. The lowest BCUT2D eigenvalue weighted by Gasteiger charge is -2.17. The number of nitrogens with zero attached hydrogens (tertiary/aromatic N) is 5. The molecule has 6 heterocycles. The number of rotatable bonds is 8. The summed E-state index contributed by atoms with van der Waals surface area (Å²) in [6.45, 7) is 2.08. The van der Waals surface area contributed by atoms with Crippen molar-refractivity contribution in [3.8, 4) is 22.3 Å². The van der Waals surface area contributed by atoms with Gasteiger partial charge in [-0.3, -0.25) is 24.0 Å². The van der Waals surface area contributed by atoms with Crippen molar-refractivity contribution in [2.75, 3.05) is 26.2 Å². The number of likely N-dealkylation sites (tertiary alicyclic amines) is 2. The van der Waals surface area contributed by atoms with Crippen molar-refractivity contribution < 1.29 is 68.7 Å². The Bertz CT molecular complexity index is 3120. The molecule has 2 saturated heterocycles. The summed E-state index contributed by atoms with van der Waals surface area (Å²) >= 11 is 2.03. The number of oxime groups is 1. The minimum Gasteiger partial charge on any atom is -0.411 e. The predicted octanol–water partition coefficient (Wildman–Crippen LogP) is 9.07. The second-order valence-corrected chi connectivity index (χ2v) is 17.5. The Hall–Kier alpha value is -6.15. The predicted molar refractivity (Wildman–Crippen MR) is 242 cm³/mol. The summed E-state index contributed by atoms with van der Waals surface area (Å²) in [5, 5.41) is 21.8. The van der Waals surface area contributed by atoms with Crippen molar-refractivity contribution in [2.24, 2.45) is 11.1 Å². The van der Waals surface area contributed by atoms with E-state index in [1.807, 2.05) is 0 Å². The molecule has 376 valence electrons. The summed E-state index contributed by atoms with van der Waals surface area (Å²) in [6.07, 6.45) is -9.22. The number of fused-ring (bicyclic) bond motifs is 2. The number of hydrogen-bond acceptors (Lipinski definition) is 11. The zero-order chi connectivity index (χ0) is 50.9. The summed E-state index contributed by atoms with van der Waals surface area (Å²) < 4.78 is 137. The number of hydrogen-bond donors (Lipinski definition) is 3. The average Bonchev–Trinajstić information content (AvgIpc) is 4.13. The first-order valence-electron chi connectivity index (χ1n) is 20.3. The molecule has 0 aliphatic carbocycles. The first kappa shape index (κ1) is 54.8. The SMILES string of the molecule is C/C(=N/O)c1cn(CC(=O)N2CCC(F)C2)c(=O)c2c(-c3ccc(F)c(C(F)(F)F)c3)csc12.CC(=O)c1cn(CC(=O)N2CCC(F)C2)c(=O)c2c(-c3ccc(F)c(C(F)(F)F)c3)csc12.Cl.NO. The number of alkyl halides is 8. The summed E-state index contributed by atoms with van der Waals surface area (Å²) in [7, 11) is 0. The molecule has 0 saturated carbocycles. The Labute approximate surface area is 403 Å². The number of ketones is 1. The van der Waals surface area contributed by atoms with Gasteiger partial charge in [0.15, 0.2) is 5.78 Å². The smallest absolute Gasteiger partial charge is 0.411 e. The Morgan fingerprint density at radius 1 is 0.700 bits per heavy atom. The van der Waals surface area contributed by atoms with Gasteiger partial charge in [0.05, 0.1) is 55.7 Å². The highest BCUT2D eigenvalue weighted by Gasteiger charge is 2.36. The van der Waals surface area contributed by atoms with Gasteiger partial charge in [-0.1, -0.05) is 17.3 Å². The minimum atomic E-state index is -4.94. The van der Waals surface area contributed by atoms with Crippen LogP contribution in [-0.4, -0.2) is 91.2 Å². The third kappa shape index (κ3) is 11.4. The number of nitrogens with two attached hydrogens (primary N) is 1. The van der Waals surface area contributed by atoms with Crippen LogP contribution in [0.1, 0.15) is 53.7 Å². The topological polar surface area (TPSA) is 181 Å².